The summed E-state index contributed by atoms with van der Waals surface area (Å²) in [5.74, 6) is -0.880. The lowest BCUT2D eigenvalue weighted by Gasteiger charge is -2.18. The molecular weight excluding hydrogens is 202 g/mol. The summed E-state index contributed by atoms with van der Waals surface area (Å²) in [5.41, 5.74) is 2.07. The molecular formula is C13H19NO2. The maximum absolute atomic E-state index is 11.1. The van der Waals surface area contributed by atoms with Gasteiger partial charge < -0.3 is 10.4 Å². The number of benzene rings is 1. The van der Waals surface area contributed by atoms with Gasteiger partial charge in [-0.3, -0.25) is 0 Å². The quantitative estimate of drug-likeness (QED) is 0.802. The van der Waals surface area contributed by atoms with Crippen LogP contribution in [0.15, 0.2) is 18.2 Å². The summed E-state index contributed by atoms with van der Waals surface area (Å²) in [5, 5.41) is 12.4. The summed E-state index contributed by atoms with van der Waals surface area (Å²) >= 11 is 0. The van der Waals surface area contributed by atoms with E-state index < -0.39 is 5.97 Å². The Balaban J connectivity index is 2.97. The molecule has 0 heterocycles. The molecule has 3 heteroatoms. The van der Waals surface area contributed by atoms with Crippen molar-refractivity contribution in [2.75, 3.05) is 5.32 Å². The minimum absolute atomic E-state index is 0.296. The molecule has 1 aromatic rings. The molecule has 0 aliphatic heterocycles. The fourth-order valence-electron chi connectivity index (χ4n) is 1.79. The summed E-state index contributed by atoms with van der Waals surface area (Å²) in [6, 6.07) is 5.63. The third kappa shape index (κ3) is 2.99. The number of hydrogen-bond donors (Lipinski definition) is 2. The van der Waals surface area contributed by atoms with Gasteiger partial charge in [-0.2, -0.15) is 0 Å². The molecule has 3 nitrogen and oxygen atoms in total. The number of carbonyl (C=O) groups is 1. The summed E-state index contributed by atoms with van der Waals surface area (Å²) in [6.45, 7) is 6.11. The van der Waals surface area contributed by atoms with E-state index in [1.807, 2.05) is 13.0 Å². The number of hydrogen-bond acceptors (Lipinski definition) is 2. The van der Waals surface area contributed by atoms with Gasteiger partial charge >= 0.3 is 5.97 Å². The van der Waals surface area contributed by atoms with Crippen LogP contribution in [0.5, 0.6) is 0 Å². The first-order chi connectivity index (χ1) is 7.56. The zero-order valence-electron chi connectivity index (χ0n) is 10.1. The molecule has 0 saturated heterocycles. The number of aryl methyl sites for hydroxylation is 1. The predicted molar refractivity (Wildman–Crippen MR) is 66.1 cm³/mol. The van der Waals surface area contributed by atoms with E-state index in [-0.39, 0.29) is 0 Å². The fourth-order valence-corrected chi connectivity index (χ4v) is 1.79. The molecule has 88 valence electrons. The topological polar surface area (TPSA) is 49.3 Å². The largest absolute Gasteiger partial charge is 0.478 e. The molecule has 0 amide bonds. The minimum atomic E-state index is -0.880. The van der Waals surface area contributed by atoms with Gasteiger partial charge in [-0.05, 0) is 31.9 Å². The molecule has 0 aliphatic rings. The lowest BCUT2D eigenvalue weighted by Crippen LogP contribution is -2.17. The molecule has 0 aliphatic carbocycles. The standard InChI is InChI=1S/C13H19NO2/c1-4-6-10(3)14-12-9(2)7-5-8-11(12)13(15)16/h5,7-8,10,14H,4,6H2,1-3H3,(H,15,16). The van der Waals surface area contributed by atoms with Crippen LogP contribution in [0.2, 0.25) is 0 Å². The van der Waals surface area contributed by atoms with Crippen LogP contribution in [0.25, 0.3) is 0 Å². The number of carboxylic acid groups (broad SMARTS) is 1. The number of para-hydroxylation sites is 1. The van der Waals surface area contributed by atoms with Crippen LogP contribution in [0.4, 0.5) is 5.69 Å². The highest BCUT2D eigenvalue weighted by molar-refractivity contribution is 5.95. The molecule has 0 saturated carbocycles. The Morgan fingerprint density at radius 3 is 2.75 bits per heavy atom. The smallest absolute Gasteiger partial charge is 0.337 e. The van der Waals surface area contributed by atoms with E-state index >= 15 is 0 Å². The van der Waals surface area contributed by atoms with Crippen LogP contribution in [0.1, 0.15) is 42.6 Å². The van der Waals surface area contributed by atoms with E-state index in [9.17, 15) is 4.79 Å². The Bertz CT molecular complexity index is 374. The average Bonchev–Trinajstić information content (AvgIpc) is 2.21. The normalized spacial score (nSPS) is 12.2. The van der Waals surface area contributed by atoms with Gasteiger partial charge in [-0.25, -0.2) is 4.79 Å². The van der Waals surface area contributed by atoms with Crippen LogP contribution < -0.4 is 5.32 Å². The lowest BCUT2D eigenvalue weighted by molar-refractivity contribution is 0.0698. The molecule has 0 bridgehead atoms. The third-order valence-corrected chi connectivity index (χ3v) is 2.62. The average molecular weight is 221 g/mol. The van der Waals surface area contributed by atoms with Gasteiger partial charge in [0.05, 0.1) is 11.3 Å². The molecule has 1 rings (SSSR count). The fraction of sp³-hybridized carbons (Fsp3) is 0.462. The van der Waals surface area contributed by atoms with E-state index in [1.54, 1.807) is 12.1 Å². The number of aromatic carboxylic acids is 1. The molecule has 0 aromatic heterocycles. The van der Waals surface area contributed by atoms with Crippen LogP contribution in [0, 0.1) is 6.92 Å². The molecule has 0 fully saturated rings. The van der Waals surface area contributed by atoms with E-state index in [1.165, 1.54) is 0 Å². The Morgan fingerprint density at radius 1 is 1.50 bits per heavy atom. The van der Waals surface area contributed by atoms with Gasteiger partial charge in [0, 0.05) is 6.04 Å². The van der Waals surface area contributed by atoms with E-state index in [0.717, 1.165) is 24.1 Å². The first kappa shape index (κ1) is 12.6. The first-order valence-electron chi connectivity index (χ1n) is 5.65. The van der Waals surface area contributed by atoms with Crippen molar-refractivity contribution in [3.05, 3.63) is 29.3 Å². The van der Waals surface area contributed by atoms with E-state index in [4.69, 9.17) is 5.11 Å². The maximum Gasteiger partial charge on any atom is 0.337 e. The highest BCUT2D eigenvalue weighted by atomic mass is 16.4. The van der Waals surface area contributed by atoms with Gasteiger partial charge in [0.15, 0.2) is 0 Å². The van der Waals surface area contributed by atoms with Crippen molar-refractivity contribution >= 4 is 11.7 Å². The van der Waals surface area contributed by atoms with Crippen molar-refractivity contribution in [1.29, 1.82) is 0 Å². The summed E-state index contributed by atoms with van der Waals surface area (Å²) in [4.78, 5) is 11.1. The Morgan fingerprint density at radius 2 is 2.19 bits per heavy atom. The summed E-state index contributed by atoms with van der Waals surface area (Å²) in [7, 11) is 0. The molecule has 2 N–H and O–H groups in total. The van der Waals surface area contributed by atoms with Crippen LogP contribution in [-0.2, 0) is 0 Å². The molecule has 16 heavy (non-hydrogen) atoms. The van der Waals surface area contributed by atoms with E-state index in [2.05, 4.69) is 19.2 Å². The summed E-state index contributed by atoms with van der Waals surface area (Å²) in [6.07, 6.45) is 2.12. The van der Waals surface area contributed by atoms with Gasteiger partial charge in [-0.1, -0.05) is 25.5 Å². The zero-order chi connectivity index (χ0) is 12.1. The van der Waals surface area contributed by atoms with Gasteiger partial charge in [0.1, 0.15) is 0 Å². The van der Waals surface area contributed by atoms with Gasteiger partial charge in [0.25, 0.3) is 0 Å². The number of anilines is 1. The van der Waals surface area contributed by atoms with Crippen molar-refractivity contribution in [1.82, 2.24) is 0 Å². The summed E-state index contributed by atoms with van der Waals surface area (Å²) < 4.78 is 0. The predicted octanol–water partition coefficient (Wildman–Crippen LogP) is 3.29. The van der Waals surface area contributed by atoms with Crippen LogP contribution >= 0.6 is 0 Å². The Kier molecular flexibility index (Phi) is 4.35. The van der Waals surface area contributed by atoms with Gasteiger partial charge in [-0.15, -0.1) is 0 Å². The van der Waals surface area contributed by atoms with Crippen LogP contribution in [-0.4, -0.2) is 17.1 Å². The van der Waals surface area contributed by atoms with E-state index in [0.29, 0.717) is 11.6 Å². The lowest BCUT2D eigenvalue weighted by atomic mass is 10.1. The SMILES string of the molecule is CCCC(C)Nc1c(C)cccc1C(=O)O. The molecule has 0 radical (unpaired) electrons. The Labute approximate surface area is 96.5 Å². The molecule has 1 unspecified atom stereocenters. The third-order valence-electron chi connectivity index (χ3n) is 2.62. The number of nitrogens with one attached hydrogen (secondary N) is 1. The Hall–Kier alpha value is -1.51. The monoisotopic (exact) mass is 221 g/mol. The second kappa shape index (κ2) is 5.54. The van der Waals surface area contributed by atoms with Crippen LogP contribution in [0.3, 0.4) is 0 Å². The maximum atomic E-state index is 11.1. The first-order valence-corrected chi connectivity index (χ1v) is 5.65. The van der Waals surface area contributed by atoms with Crippen molar-refractivity contribution in [3.8, 4) is 0 Å². The second-order valence-electron chi connectivity index (χ2n) is 4.14. The molecule has 0 spiro atoms. The molecule has 1 atom stereocenters. The highest BCUT2D eigenvalue weighted by Crippen LogP contribution is 2.22. The van der Waals surface area contributed by atoms with Gasteiger partial charge in [0.2, 0.25) is 0 Å². The number of rotatable bonds is 5. The second-order valence-corrected chi connectivity index (χ2v) is 4.14. The van der Waals surface area contributed by atoms with Crippen molar-refractivity contribution < 1.29 is 9.90 Å². The van der Waals surface area contributed by atoms with Crippen molar-refractivity contribution in [2.45, 2.75) is 39.7 Å². The molecule has 1 aromatic carbocycles. The highest BCUT2D eigenvalue weighted by Gasteiger charge is 2.13. The minimum Gasteiger partial charge on any atom is -0.478 e. The zero-order valence-corrected chi connectivity index (χ0v) is 10.1. The van der Waals surface area contributed by atoms with Crippen molar-refractivity contribution in [3.63, 3.8) is 0 Å². The van der Waals surface area contributed by atoms with Crippen molar-refractivity contribution in [2.24, 2.45) is 0 Å². The number of carboxylic acids is 1.